The number of nitriles is 1. The standard InChI is InChI=1S/C22H22N2O5/c1-27-17-8-9-20(28-2)18(12-17)19-7-4-10-24(19)21(25)14-29-22(26)16-6-3-5-15(11-16)13-23/h3,5-6,8-9,11-12,19H,4,7,10,14H2,1-2H3/t19-/m1/s1. The summed E-state index contributed by atoms with van der Waals surface area (Å²) in [5, 5.41) is 8.94. The molecule has 7 heteroatoms. The molecule has 1 heterocycles. The van der Waals surface area contributed by atoms with Crippen molar-refractivity contribution in [1.29, 1.82) is 5.26 Å². The summed E-state index contributed by atoms with van der Waals surface area (Å²) in [4.78, 5) is 26.7. The van der Waals surface area contributed by atoms with Crippen LogP contribution < -0.4 is 9.47 Å². The van der Waals surface area contributed by atoms with Crippen molar-refractivity contribution in [2.75, 3.05) is 27.4 Å². The van der Waals surface area contributed by atoms with Crippen molar-refractivity contribution in [2.24, 2.45) is 0 Å². The maximum Gasteiger partial charge on any atom is 0.338 e. The van der Waals surface area contributed by atoms with E-state index in [9.17, 15) is 9.59 Å². The molecular weight excluding hydrogens is 372 g/mol. The maximum atomic E-state index is 12.8. The van der Waals surface area contributed by atoms with Gasteiger partial charge in [0.1, 0.15) is 11.5 Å². The lowest BCUT2D eigenvalue weighted by Crippen LogP contribution is -2.34. The number of nitrogens with zero attached hydrogens (tertiary/aromatic N) is 2. The second-order valence-corrected chi connectivity index (χ2v) is 6.62. The Morgan fingerprint density at radius 3 is 2.72 bits per heavy atom. The highest BCUT2D eigenvalue weighted by atomic mass is 16.5. The van der Waals surface area contributed by atoms with Crippen molar-refractivity contribution in [3.8, 4) is 17.6 Å². The van der Waals surface area contributed by atoms with E-state index < -0.39 is 5.97 Å². The minimum absolute atomic E-state index is 0.173. The van der Waals surface area contributed by atoms with Gasteiger partial charge < -0.3 is 19.1 Å². The zero-order valence-corrected chi connectivity index (χ0v) is 16.4. The van der Waals surface area contributed by atoms with Gasteiger partial charge in [-0.2, -0.15) is 5.26 Å². The van der Waals surface area contributed by atoms with E-state index in [0.29, 0.717) is 23.6 Å². The molecule has 1 saturated heterocycles. The third-order valence-corrected chi connectivity index (χ3v) is 4.92. The number of rotatable bonds is 6. The van der Waals surface area contributed by atoms with E-state index >= 15 is 0 Å². The Hall–Kier alpha value is -3.53. The van der Waals surface area contributed by atoms with Gasteiger partial charge in [0.15, 0.2) is 6.61 Å². The van der Waals surface area contributed by atoms with Crippen molar-refractivity contribution in [2.45, 2.75) is 18.9 Å². The summed E-state index contributed by atoms with van der Waals surface area (Å²) in [5.41, 5.74) is 1.46. The fraction of sp³-hybridized carbons (Fsp3) is 0.318. The number of carbonyl (C=O) groups excluding carboxylic acids is 2. The van der Waals surface area contributed by atoms with Crippen LogP contribution in [0.15, 0.2) is 42.5 Å². The molecule has 0 spiro atoms. The topological polar surface area (TPSA) is 88.9 Å². The van der Waals surface area contributed by atoms with Crippen molar-refractivity contribution in [3.63, 3.8) is 0 Å². The molecule has 7 nitrogen and oxygen atoms in total. The molecule has 2 aromatic carbocycles. The van der Waals surface area contributed by atoms with Crippen LogP contribution in [0.1, 0.15) is 40.4 Å². The van der Waals surface area contributed by atoms with Crippen LogP contribution in [0.4, 0.5) is 0 Å². The number of likely N-dealkylation sites (tertiary alicyclic amines) is 1. The Morgan fingerprint density at radius 1 is 1.17 bits per heavy atom. The van der Waals surface area contributed by atoms with Gasteiger partial charge in [0, 0.05) is 12.1 Å². The fourth-order valence-corrected chi connectivity index (χ4v) is 3.50. The monoisotopic (exact) mass is 394 g/mol. The van der Waals surface area contributed by atoms with Gasteiger partial charge in [-0.05, 0) is 49.2 Å². The van der Waals surface area contributed by atoms with Gasteiger partial charge in [0.05, 0.1) is 37.5 Å². The van der Waals surface area contributed by atoms with Gasteiger partial charge in [0.25, 0.3) is 5.91 Å². The van der Waals surface area contributed by atoms with Crippen LogP contribution in [0, 0.1) is 11.3 Å². The van der Waals surface area contributed by atoms with Crippen LogP contribution in [0.5, 0.6) is 11.5 Å². The van der Waals surface area contributed by atoms with Crippen molar-refractivity contribution in [3.05, 3.63) is 59.2 Å². The number of amides is 1. The highest BCUT2D eigenvalue weighted by molar-refractivity contribution is 5.91. The van der Waals surface area contributed by atoms with E-state index in [1.807, 2.05) is 18.2 Å². The molecule has 1 aliphatic heterocycles. The predicted octanol–water partition coefficient (Wildman–Crippen LogP) is 3.10. The number of carbonyl (C=O) groups is 2. The second kappa shape index (κ2) is 9.11. The third-order valence-electron chi connectivity index (χ3n) is 4.92. The fourth-order valence-electron chi connectivity index (χ4n) is 3.50. The normalized spacial score (nSPS) is 15.5. The van der Waals surface area contributed by atoms with Gasteiger partial charge in [-0.1, -0.05) is 6.07 Å². The van der Waals surface area contributed by atoms with Gasteiger partial charge in [-0.3, -0.25) is 4.79 Å². The highest BCUT2D eigenvalue weighted by Crippen LogP contribution is 2.38. The van der Waals surface area contributed by atoms with Crippen molar-refractivity contribution < 1.29 is 23.8 Å². The summed E-state index contributed by atoms with van der Waals surface area (Å²) < 4.78 is 16.0. The molecule has 0 aliphatic carbocycles. The zero-order chi connectivity index (χ0) is 20.8. The highest BCUT2D eigenvalue weighted by Gasteiger charge is 2.32. The lowest BCUT2D eigenvalue weighted by molar-refractivity contribution is -0.135. The Bertz CT molecular complexity index is 950. The molecule has 0 bridgehead atoms. The van der Waals surface area contributed by atoms with Crippen LogP contribution in [0.25, 0.3) is 0 Å². The van der Waals surface area contributed by atoms with Crippen LogP contribution in [0.2, 0.25) is 0 Å². The predicted molar refractivity (Wildman–Crippen MR) is 105 cm³/mol. The number of hydrogen-bond donors (Lipinski definition) is 0. The summed E-state index contributed by atoms with van der Waals surface area (Å²) in [6, 6.07) is 13.5. The Balaban J connectivity index is 1.70. The molecule has 1 amide bonds. The lowest BCUT2D eigenvalue weighted by Gasteiger charge is -2.26. The number of esters is 1. The first-order valence-electron chi connectivity index (χ1n) is 9.26. The van der Waals surface area contributed by atoms with E-state index in [0.717, 1.165) is 18.4 Å². The smallest absolute Gasteiger partial charge is 0.338 e. The van der Waals surface area contributed by atoms with Gasteiger partial charge in [-0.25, -0.2) is 4.79 Å². The summed E-state index contributed by atoms with van der Waals surface area (Å²) in [6.45, 7) is 0.212. The first kappa shape index (κ1) is 20.2. The third kappa shape index (κ3) is 4.49. The minimum Gasteiger partial charge on any atom is -0.497 e. The average molecular weight is 394 g/mol. The Morgan fingerprint density at radius 2 is 2.00 bits per heavy atom. The van der Waals surface area contributed by atoms with E-state index in [2.05, 4.69) is 0 Å². The molecule has 1 atom stereocenters. The van der Waals surface area contributed by atoms with Crippen LogP contribution in [-0.4, -0.2) is 44.1 Å². The summed E-state index contributed by atoms with van der Waals surface area (Å²) in [7, 11) is 3.17. The zero-order valence-electron chi connectivity index (χ0n) is 16.4. The molecule has 0 N–H and O–H groups in total. The average Bonchev–Trinajstić information content (AvgIpc) is 3.26. The van der Waals surface area contributed by atoms with Crippen LogP contribution >= 0.6 is 0 Å². The molecule has 0 unspecified atom stereocenters. The molecule has 0 aromatic heterocycles. The van der Waals surface area contributed by atoms with Crippen molar-refractivity contribution in [1.82, 2.24) is 4.90 Å². The minimum atomic E-state index is -0.634. The molecule has 29 heavy (non-hydrogen) atoms. The molecule has 150 valence electrons. The van der Waals surface area contributed by atoms with E-state index in [1.165, 1.54) is 6.07 Å². The van der Waals surface area contributed by atoms with E-state index in [4.69, 9.17) is 19.5 Å². The molecule has 1 aliphatic rings. The first-order valence-corrected chi connectivity index (χ1v) is 9.26. The molecule has 0 radical (unpaired) electrons. The molecule has 3 rings (SSSR count). The summed E-state index contributed by atoms with van der Waals surface area (Å²) in [5.74, 6) is 0.456. The quantitative estimate of drug-likeness (QED) is 0.700. The Kier molecular flexibility index (Phi) is 6.35. The van der Waals surface area contributed by atoms with Gasteiger partial charge in [-0.15, -0.1) is 0 Å². The SMILES string of the molecule is COc1ccc(OC)c([C@H]2CCCN2C(=O)COC(=O)c2cccc(C#N)c2)c1. The number of benzene rings is 2. The molecule has 0 saturated carbocycles. The number of ether oxygens (including phenoxy) is 3. The summed E-state index contributed by atoms with van der Waals surface area (Å²) >= 11 is 0. The lowest BCUT2D eigenvalue weighted by atomic mass is 10.0. The maximum absolute atomic E-state index is 12.8. The van der Waals surface area contributed by atoms with E-state index in [-0.39, 0.29) is 24.1 Å². The van der Waals surface area contributed by atoms with Gasteiger partial charge in [0.2, 0.25) is 0 Å². The Labute approximate surface area is 169 Å². The molecule has 1 fully saturated rings. The van der Waals surface area contributed by atoms with Gasteiger partial charge >= 0.3 is 5.97 Å². The van der Waals surface area contributed by atoms with Crippen molar-refractivity contribution >= 4 is 11.9 Å². The van der Waals surface area contributed by atoms with Crippen LogP contribution in [-0.2, 0) is 9.53 Å². The molecule has 2 aromatic rings. The largest absolute Gasteiger partial charge is 0.497 e. The number of methoxy groups -OCH3 is 2. The van der Waals surface area contributed by atoms with Crippen LogP contribution in [0.3, 0.4) is 0 Å². The second-order valence-electron chi connectivity index (χ2n) is 6.62. The molecular formula is C22H22N2O5. The van der Waals surface area contributed by atoms with E-state index in [1.54, 1.807) is 43.4 Å². The summed E-state index contributed by atoms with van der Waals surface area (Å²) in [6.07, 6.45) is 1.63. The number of hydrogen-bond acceptors (Lipinski definition) is 6. The first-order chi connectivity index (χ1) is 14.1.